The Balaban J connectivity index is 4.28. The smallest absolute Gasteiger partial charge is 0.306 e. The quantitative estimate of drug-likeness (QED) is 0.0261. The lowest BCUT2D eigenvalue weighted by atomic mass is 10.0. The van der Waals surface area contributed by atoms with E-state index in [2.05, 4.69) is 106 Å². The van der Waals surface area contributed by atoms with E-state index in [-0.39, 0.29) is 31.1 Å². The predicted molar refractivity (Wildman–Crippen MR) is 302 cm³/mol. The van der Waals surface area contributed by atoms with Crippen LogP contribution in [0.15, 0.2) is 85.1 Å². The fourth-order valence-electron chi connectivity index (χ4n) is 8.15. The average Bonchev–Trinajstić information content (AvgIpc) is 3.36. The van der Waals surface area contributed by atoms with E-state index in [1.807, 2.05) is 0 Å². The lowest BCUT2D eigenvalue weighted by molar-refractivity contribution is -0.167. The summed E-state index contributed by atoms with van der Waals surface area (Å²) < 4.78 is 16.8. The Hall–Kier alpha value is -3.41. The van der Waals surface area contributed by atoms with Crippen LogP contribution in [0.4, 0.5) is 0 Å². The Bertz CT molecular complexity index is 1350. The molecule has 0 rings (SSSR count). The summed E-state index contributed by atoms with van der Waals surface area (Å²) in [6, 6.07) is 0. The first-order chi connectivity index (χ1) is 34.5. The highest BCUT2D eigenvalue weighted by Gasteiger charge is 2.19. The summed E-state index contributed by atoms with van der Waals surface area (Å²) in [7, 11) is 0. The predicted octanol–water partition coefficient (Wildman–Crippen LogP) is 19.9. The minimum absolute atomic E-state index is 0.0850. The zero-order chi connectivity index (χ0) is 50.7. The molecule has 0 aliphatic carbocycles. The molecule has 0 aromatic rings. The summed E-state index contributed by atoms with van der Waals surface area (Å²) in [5.41, 5.74) is 0. The van der Waals surface area contributed by atoms with E-state index in [0.29, 0.717) is 19.3 Å². The molecule has 1 unspecified atom stereocenters. The van der Waals surface area contributed by atoms with Gasteiger partial charge in [0.25, 0.3) is 0 Å². The molecule has 0 saturated heterocycles. The van der Waals surface area contributed by atoms with Crippen LogP contribution in [0.25, 0.3) is 0 Å². The van der Waals surface area contributed by atoms with Crippen molar-refractivity contribution in [3.8, 4) is 0 Å². The van der Waals surface area contributed by atoms with E-state index in [1.54, 1.807) is 0 Å². The number of rotatable bonds is 53. The molecule has 1 atom stereocenters. The molecule has 0 spiro atoms. The first-order valence-corrected chi connectivity index (χ1v) is 29.6. The van der Waals surface area contributed by atoms with Crippen molar-refractivity contribution in [2.75, 3.05) is 13.2 Å². The largest absolute Gasteiger partial charge is 0.462 e. The average molecular weight is 976 g/mol. The van der Waals surface area contributed by atoms with E-state index < -0.39 is 6.10 Å². The zero-order valence-electron chi connectivity index (χ0n) is 46.0. The van der Waals surface area contributed by atoms with Gasteiger partial charge in [0.15, 0.2) is 6.10 Å². The van der Waals surface area contributed by atoms with Gasteiger partial charge in [-0.2, -0.15) is 0 Å². The summed E-state index contributed by atoms with van der Waals surface area (Å²) >= 11 is 0. The second-order valence-corrected chi connectivity index (χ2v) is 19.5. The number of carbonyl (C=O) groups excluding carboxylic acids is 3. The highest BCUT2D eigenvalue weighted by Crippen LogP contribution is 2.15. The molecule has 0 aromatic carbocycles. The summed E-state index contributed by atoms with van der Waals surface area (Å²) in [5.74, 6) is -0.905. The van der Waals surface area contributed by atoms with Gasteiger partial charge < -0.3 is 14.2 Å². The Morgan fingerprint density at radius 3 is 0.929 bits per heavy atom. The van der Waals surface area contributed by atoms with Crippen LogP contribution >= 0.6 is 0 Å². The lowest BCUT2D eigenvalue weighted by Gasteiger charge is -2.18. The van der Waals surface area contributed by atoms with Crippen molar-refractivity contribution in [3.05, 3.63) is 85.1 Å². The van der Waals surface area contributed by atoms with Gasteiger partial charge in [-0.1, -0.05) is 241 Å². The van der Waals surface area contributed by atoms with Gasteiger partial charge in [-0.15, -0.1) is 0 Å². The minimum Gasteiger partial charge on any atom is -0.462 e. The van der Waals surface area contributed by atoms with Crippen molar-refractivity contribution in [2.45, 2.75) is 290 Å². The van der Waals surface area contributed by atoms with Crippen LogP contribution in [0.5, 0.6) is 0 Å². The van der Waals surface area contributed by atoms with Crippen molar-refractivity contribution in [2.24, 2.45) is 0 Å². The number of esters is 3. The summed E-state index contributed by atoms with van der Waals surface area (Å²) in [5, 5.41) is 0. The highest BCUT2D eigenvalue weighted by atomic mass is 16.6. The number of carbonyl (C=O) groups is 3. The fourth-order valence-corrected chi connectivity index (χ4v) is 8.15. The van der Waals surface area contributed by atoms with Crippen molar-refractivity contribution >= 4 is 17.9 Å². The van der Waals surface area contributed by atoms with Gasteiger partial charge in [-0.05, 0) is 109 Å². The van der Waals surface area contributed by atoms with Gasteiger partial charge in [-0.25, -0.2) is 0 Å². The number of hydrogen-bond acceptors (Lipinski definition) is 6. The van der Waals surface area contributed by atoms with Crippen LogP contribution in [0, 0.1) is 0 Å². The molecule has 402 valence electrons. The van der Waals surface area contributed by atoms with Crippen LogP contribution in [0.2, 0.25) is 0 Å². The monoisotopic (exact) mass is 975 g/mol. The number of allylic oxidation sites excluding steroid dienone is 14. The van der Waals surface area contributed by atoms with Gasteiger partial charge >= 0.3 is 17.9 Å². The minimum atomic E-state index is -0.787. The third-order valence-electron chi connectivity index (χ3n) is 12.6. The van der Waals surface area contributed by atoms with E-state index in [0.717, 1.165) is 116 Å². The Morgan fingerprint density at radius 2 is 0.571 bits per heavy atom. The Labute approximate surface area is 433 Å². The molecular formula is C64H110O6. The van der Waals surface area contributed by atoms with Crippen molar-refractivity contribution < 1.29 is 28.6 Å². The molecule has 6 heteroatoms. The van der Waals surface area contributed by atoms with Crippen LogP contribution in [-0.2, 0) is 28.6 Å². The van der Waals surface area contributed by atoms with Crippen molar-refractivity contribution in [3.63, 3.8) is 0 Å². The van der Waals surface area contributed by atoms with E-state index in [9.17, 15) is 14.4 Å². The van der Waals surface area contributed by atoms with Crippen molar-refractivity contribution in [1.82, 2.24) is 0 Å². The Morgan fingerprint density at radius 1 is 0.300 bits per heavy atom. The topological polar surface area (TPSA) is 78.9 Å². The molecule has 0 aromatic heterocycles. The molecule has 0 heterocycles. The molecular weight excluding hydrogens is 865 g/mol. The molecule has 0 N–H and O–H groups in total. The molecule has 0 radical (unpaired) electrons. The SMILES string of the molecule is CC/C=C\C/C=C\C/C=C\C/C=C\CCCCCCCCCCCCCCC(=O)OCC(COC(=O)CCCCCCC/C=C\CCCC)OC(=O)CCCCCCC/C=C\C/C=C\CCCCCC. The second-order valence-electron chi connectivity index (χ2n) is 19.5. The molecule has 0 amide bonds. The zero-order valence-corrected chi connectivity index (χ0v) is 46.0. The maximum absolute atomic E-state index is 12.8. The standard InChI is InChI=1S/C64H110O6/c1-4-7-10-13-16-19-22-24-26-28-29-30-31-32-33-34-35-36-38-39-42-45-48-51-54-57-63(66)69-60-61(59-68-62(65)56-53-50-47-44-41-21-18-15-12-9-6-3)70-64(67)58-55-52-49-46-43-40-37-27-25-23-20-17-14-11-8-5-2/h7,10,15-16,18-20,23-24,26-27,29-30,37,61H,4-6,8-9,11-14,17,21-22,25,28,31-36,38-60H2,1-3H3/b10-7-,18-15-,19-16-,23-20-,26-24-,30-29-,37-27-. The summed E-state index contributed by atoms with van der Waals surface area (Å²) in [4.78, 5) is 38.1. The third-order valence-corrected chi connectivity index (χ3v) is 12.6. The maximum atomic E-state index is 12.8. The first kappa shape index (κ1) is 66.6. The first-order valence-electron chi connectivity index (χ1n) is 29.6. The highest BCUT2D eigenvalue weighted by molar-refractivity contribution is 5.71. The number of ether oxygens (including phenoxy) is 3. The normalized spacial score (nSPS) is 12.7. The summed E-state index contributed by atoms with van der Waals surface area (Å²) in [6.45, 7) is 6.47. The number of hydrogen-bond donors (Lipinski definition) is 0. The van der Waals surface area contributed by atoms with Crippen molar-refractivity contribution in [1.29, 1.82) is 0 Å². The molecule has 0 bridgehead atoms. The van der Waals surface area contributed by atoms with Gasteiger partial charge in [0.1, 0.15) is 13.2 Å². The molecule has 0 aliphatic heterocycles. The van der Waals surface area contributed by atoms with Crippen LogP contribution in [0.3, 0.4) is 0 Å². The molecule has 0 saturated carbocycles. The molecule has 6 nitrogen and oxygen atoms in total. The van der Waals surface area contributed by atoms with Crippen LogP contribution < -0.4 is 0 Å². The molecule has 70 heavy (non-hydrogen) atoms. The fraction of sp³-hybridized carbons (Fsp3) is 0.734. The van der Waals surface area contributed by atoms with Gasteiger partial charge in [-0.3, -0.25) is 14.4 Å². The van der Waals surface area contributed by atoms with Gasteiger partial charge in [0.05, 0.1) is 0 Å². The maximum Gasteiger partial charge on any atom is 0.306 e. The van der Waals surface area contributed by atoms with E-state index in [1.165, 1.54) is 128 Å². The van der Waals surface area contributed by atoms with E-state index in [4.69, 9.17) is 14.2 Å². The lowest BCUT2D eigenvalue weighted by Crippen LogP contribution is -2.30. The molecule has 0 fully saturated rings. The summed E-state index contributed by atoms with van der Waals surface area (Å²) in [6.07, 6.45) is 75.8. The Kier molecular flexibility index (Phi) is 55.3. The van der Waals surface area contributed by atoms with E-state index >= 15 is 0 Å². The second kappa shape index (κ2) is 58.2. The van der Waals surface area contributed by atoms with Crippen LogP contribution in [-0.4, -0.2) is 37.2 Å². The third kappa shape index (κ3) is 55.5. The number of unbranched alkanes of at least 4 members (excludes halogenated alkanes) is 28. The van der Waals surface area contributed by atoms with Gasteiger partial charge in [0, 0.05) is 19.3 Å². The van der Waals surface area contributed by atoms with Gasteiger partial charge in [0.2, 0.25) is 0 Å². The molecule has 0 aliphatic rings. The van der Waals surface area contributed by atoms with Crippen LogP contribution in [0.1, 0.15) is 284 Å².